The smallest absolute Gasteiger partial charge is 0.307 e. The minimum absolute atomic E-state index is 0.105. The van der Waals surface area contributed by atoms with E-state index in [9.17, 15) is 23.5 Å². The number of carboxylic acid groups (broad SMARTS) is 1. The van der Waals surface area contributed by atoms with Gasteiger partial charge in [0, 0.05) is 31.8 Å². The number of alkyl halides is 2. The third kappa shape index (κ3) is 3.95. The number of carbonyl (C=O) groups is 2. The third-order valence-electron chi connectivity index (χ3n) is 6.83. The van der Waals surface area contributed by atoms with Crippen molar-refractivity contribution in [2.45, 2.75) is 65.5 Å². The summed E-state index contributed by atoms with van der Waals surface area (Å²) in [4.78, 5) is 26.3. The van der Waals surface area contributed by atoms with E-state index in [-0.39, 0.29) is 31.6 Å². The number of hydrogen-bond donors (Lipinski definition) is 1. The number of halogens is 2. The number of carbonyl (C=O) groups excluding carboxylic acids is 1. The fraction of sp³-hybridized carbons (Fsp3) is 0.440. The van der Waals surface area contributed by atoms with Crippen LogP contribution in [0.1, 0.15) is 52.6 Å². The van der Waals surface area contributed by atoms with Gasteiger partial charge in [-0.2, -0.15) is 0 Å². The Morgan fingerprint density at radius 3 is 2.23 bits per heavy atom. The fourth-order valence-electron chi connectivity index (χ4n) is 5.12. The Morgan fingerprint density at radius 2 is 1.68 bits per heavy atom. The van der Waals surface area contributed by atoms with Crippen molar-refractivity contribution in [2.24, 2.45) is 5.92 Å². The summed E-state index contributed by atoms with van der Waals surface area (Å²) in [5.41, 5.74) is 7.55. The highest BCUT2D eigenvalue weighted by Gasteiger charge is 2.44. The number of aryl methyl sites for hydroxylation is 1. The molecule has 1 unspecified atom stereocenters. The lowest BCUT2D eigenvalue weighted by Crippen LogP contribution is -2.31. The first kappa shape index (κ1) is 21.5. The van der Waals surface area contributed by atoms with Gasteiger partial charge >= 0.3 is 5.97 Å². The lowest BCUT2D eigenvalue weighted by Gasteiger charge is -2.20. The zero-order valence-electron chi connectivity index (χ0n) is 18.1. The van der Waals surface area contributed by atoms with Crippen LogP contribution in [0.25, 0.3) is 11.1 Å². The highest BCUT2D eigenvalue weighted by Crippen LogP contribution is 2.43. The van der Waals surface area contributed by atoms with Gasteiger partial charge in [0.2, 0.25) is 11.8 Å². The van der Waals surface area contributed by atoms with Crippen molar-refractivity contribution in [1.82, 2.24) is 4.90 Å². The van der Waals surface area contributed by atoms with Crippen LogP contribution in [-0.2, 0) is 29.1 Å². The maximum atomic E-state index is 13.7. The van der Waals surface area contributed by atoms with Gasteiger partial charge in [0.1, 0.15) is 0 Å². The summed E-state index contributed by atoms with van der Waals surface area (Å²) in [6.07, 6.45) is -0.500. The van der Waals surface area contributed by atoms with Crippen molar-refractivity contribution < 1.29 is 23.5 Å². The second kappa shape index (κ2) is 7.74. The predicted octanol–water partition coefficient (Wildman–Crippen LogP) is 5.18. The molecule has 1 heterocycles. The van der Waals surface area contributed by atoms with Crippen molar-refractivity contribution >= 4 is 11.9 Å². The van der Waals surface area contributed by atoms with E-state index >= 15 is 0 Å². The molecule has 1 amide bonds. The Labute approximate surface area is 180 Å². The van der Waals surface area contributed by atoms with Crippen molar-refractivity contribution in [1.29, 1.82) is 0 Å². The molecule has 1 aliphatic heterocycles. The van der Waals surface area contributed by atoms with E-state index in [2.05, 4.69) is 0 Å². The molecule has 4 rings (SSSR count). The Balaban J connectivity index is 1.74. The summed E-state index contributed by atoms with van der Waals surface area (Å²) >= 11 is 0. The minimum Gasteiger partial charge on any atom is -0.481 e. The highest BCUT2D eigenvalue weighted by molar-refractivity contribution is 5.84. The molecular weight excluding hydrogens is 400 g/mol. The Hall–Kier alpha value is -2.76. The SMILES string of the molecule is Cc1ccc(-c2c(C)c3c(c(C)c2CC(=O)O)CN(C(=O)C2CCC(F)(F)C2)C3)cc1. The van der Waals surface area contributed by atoms with Gasteiger partial charge in [-0.15, -0.1) is 0 Å². The van der Waals surface area contributed by atoms with E-state index in [0.717, 1.165) is 44.5 Å². The lowest BCUT2D eigenvalue weighted by atomic mass is 9.84. The fourth-order valence-corrected chi connectivity index (χ4v) is 5.12. The third-order valence-corrected chi connectivity index (χ3v) is 6.83. The summed E-state index contributed by atoms with van der Waals surface area (Å²) in [7, 11) is 0. The first-order valence-electron chi connectivity index (χ1n) is 10.7. The Morgan fingerprint density at radius 1 is 1.06 bits per heavy atom. The van der Waals surface area contributed by atoms with Gasteiger partial charge in [-0.05, 0) is 66.1 Å². The standard InChI is InChI=1S/C25H27F2NO3/c1-14-4-6-17(7-5-14)23-16(3)21-13-28(24(31)18-8-9-25(26,27)11-18)12-20(21)15(2)19(23)10-22(29)30/h4-7,18H,8-13H2,1-3H3,(H,29,30). The molecule has 0 bridgehead atoms. The molecule has 1 saturated carbocycles. The second-order valence-corrected chi connectivity index (χ2v) is 8.99. The van der Waals surface area contributed by atoms with E-state index in [1.54, 1.807) is 4.90 Å². The van der Waals surface area contributed by atoms with Crippen LogP contribution in [0.3, 0.4) is 0 Å². The van der Waals surface area contributed by atoms with E-state index in [1.807, 2.05) is 45.0 Å². The zero-order chi connectivity index (χ0) is 22.5. The van der Waals surface area contributed by atoms with Crippen molar-refractivity contribution in [3.05, 3.63) is 57.6 Å². The number of fused-ring (bicyclic) bond motifs is 1. The predicted molar refractivity (Wildman–Crippen MR) is 114 cm³/mol. The van der Waals surface area contributed by atoms with Crippen LogP contribution in [0.2, 0.25) is 0 Å². The van der Waals surface area contributed by atoms with E-state index in [0.29, 0.717) is 13.1 Å². The molecule has 0 radical (unpaired) electrons. The maximum absolute atomic E-state index is 13.7. The summed E-state index contributed by atoms with van der Waals surface area (Å²) in [5, 5.41) is 9.54. The molecule has 1 fully saturated rings. The minimum atomic E-state index is -2.76. The van der Waals surface area contributed by atoms with Crippen LogP contribution in [0, 0.1) is 26.7 Å². The molecule has 0 spiro atoms. The average molecular weight is 427 g/mol. The van der Waals surface area contributed by atoms with Crippen molar-refractivity contribution in [3.63, 3.8) is 0 Å². The molecule has 2 aromatic carbocycles. The monoisotopic (exact) mass is 427 g/mol. The number of rotatable bonds is 4. The molecule has 1 N–H and O–H groups in total. The van der Waals surface area contributed by atoms with Gasteiger partial charge in [0.15, 0.2) is 0 Å². The molecule has 31 heavy (non-hydrogen) atoms. The van der Waals surface area contributed by atoms with Crippen molar-refractivity contribution in [3.8, 4) is 11.1 Å². The average Bonchev–Trinajstić information content (AvgIpc) is 3.30. The van der Waals surface area contributed by atoms with E-state index in [4.69, 9.17) is 0 Å². The number of carboxylic acids is 1. The summed E-state index contributed by atoms with van der Waals surface area (Å²) in [5.74, 6) is -4.52. The maximum Gasteiger partial charge on any atom is 0.307 e. The molecule has 1 atom stereocenters. The quantitative estimate of drug-likeness (QED) is 0.731. The number of hydrogen-bond acceptors (Lipinski definition) is 2. The number of benzene rings is 2. The molecule has 2 aromatic rings. The molecule has 1 aliphatic carbocycles. The van der Waals surface area contributed by atoms with E-state index in [1.165, 1.54) is 0 Å². The van der Waals surface area contributed by atoms with Gasteiger partial charge < -0.3 is 10.0 Å². The molecule has 164 valence electrons. The first-order chi connectivity index (χ1) is 14.6. The molecule has 2 aliphatic rings. The molecule has 0 aromatic heterocycles. The van der Waals surface area contributed by atoms with Gasteiger partial charge in [0.05, 0.1) is 6.42 Å². The zero-order valence-corrected chi connectivity index (χ0v) is 18.1. The largest absolute Gasteiger partial charge is 0.481 e. The lowest BCUT2D eigenvalue weighted by molar-refractivity contribution is -0.137. The number of nitrogens with zero attached hydrogens (tertiary/aromatic N) is 1. The van der Waals surface area contributed by atoms with Crippen LogP contribution in [0.15, 0.2) is 24.3 Å². The molecule has 4 nitrogen and oxygen atoms in total. The van der Waals surface area contributed by atoms with Crippen LogP contribution >= 0.6 is 0 Å². The van der Waals surface area contributed by atoms with Crippen molar-refractivity contribution in [2.75, 3.05) is 0 Å². The highest BCUT2D eigenvalue weighted by atomic mass is 19.3. The van der Waals surface area contributed by atoms with Crippen LogP contribution in [0.4, 0.5) is 8.78 Å². The van der Waals surface area contributed by atoms with Gasteiger partial charge in [-0.25, -0.2) is 8.78 Å². The summed E-state index contributed by atoms with van der Waals surface area (Å²) < 4.78 is 27.3. The second-order valence-electron chi connectivity index (χ2n) is 8.99. The molecular formula is C25H27F2NO3. The Bertz CT molecular complexity index is 1060. The van der Waals surface area contributed by atoms with Gasteiger partial charge in [-0.3, -0.25) is 9.59 Å². The summed E-state index contributed by atoms with van der Waals surface area (Å²) in [6.45, 7) is 6.61. The number of aliphatic carboxylic acids is 1. The van der Waals surface area contributed by atoms with Gasteiger partial charge in [0.25, 0.3) is 0 Å². The topological polar surface area (TPSA) is 57.6 Å². The van der Waals surface area contributed by atoms with E-state index < -0.39 is 17.8 Å². The van der Waals surface area contributed by atoms with Crippen LogP contribution < -0.4 is 0 Å². The number of amides is 1. The van der Waals surface area contributed by atoms with Crippen LogP contribution in [0.5, 0.6) is 0 Å². The normalized spacial score (nSPS) is 19.5. The molecule has 6 heteroatoms. The molecule has 0 saturated heterocycles. The first-order valence-corrected chi connectivity index (χ1v) is 10.7. The van der Waals surface area contributed by atoms with Crippen LogP contribution in [-0.4, -0.2) is 27.8 Å². The Kier molecular flexibility index (Phi) is 5.36. The summed E-state index contributed by atoms with van der Waals surface area (Å²) in [6, 6.07) is 7.98. The van der Waals surface area contributed by atoms with Gasteiger partial charge in [-0.1, -0.05) is 29.8 Å².